The van der Waals surface area contributed by atoms with Crippen molar-refractivity contribution in [2.75, 3.05) is 13.7 Å². The molecule has 0 saturated heterocycles. The zero-order valence-electron chi connectivity index (χ0n) is 11.3. The molecule has 0 heterocycles. The number of aryl methyl sites for hydroxylation is 2. The SMILES string of the molecule is COC(=O)C(I)CNC(=O)Cc1cc(C)ccc1C. The van der Waals surface area contributed by atoms with Gasteiger partial charge in [-0.05, 0) is 25.0 Å². The molecule has 0 spiro atoms. The highest BCUT2D eigenvalue weighted by molar-refractivity contribution is 14.1. The molecule has 1 aromatic rings. The van der Waals surface area contributed by atoms with E-state index in [1.807, 2.05) is 54.6 Å². The Hall–Kier alpha value is -1.11. The Kier molecular flexibility index (Phi) is 6.27. The molecule has 1 aromatic carbocycles. The standard InChI is InChI=1S/C14H18INO3/c1-9-4-5-10(2)11(6-9)7-13(17)16-8-12(15)14(18)19-3/h4-6,12H,7-8H2,1-3H3,(H,16,17). The maximum Gasteiger partial charge on any atom is 0.320 e. The Bertz CT molecular complexity index is 474. The first-order valence-corrected chi connectivity index (χ1v) is 7.23. The van der Waals surface area contributed by atoms with Crippen molar-refractivity contribution in [1.29, 1.82) is 0 Å². The van der Waals surface area contributed by atoms with Gasteiger partial charge in [-0.25, -0.2) is 0 Å². The van der Waals surface area contributed by atoms with Crippen LogP contribution in [-0.4, -0.2) is 29.5 Å². The van der Waals surface area contributed by atoms with Gasteiger partial charge >= 0.3 is 5.97 Å². The van der Waals surface area contributed by atoms with Gasteiger partial charge in [-0.2, -0.15) is 0 Å². The van der Waals surface area contributed by atoms with Gasteiger partial charge < -0.3 is 10.1 Å². The van der Waals surface area contributed by atoms with Gasteiger partial charge in [-0.3, -0.25) is 9.59 Å². The minimum Gasteiger partial charge on any atom is -0.468 e. The molecule has 1 rings (SSSR count). The summed E-state index contributed by atoms with van der Waals surface area (Å²) in [5, 5.41) is 2.75. The van der Waals surface area contributed by atoms with E-state index >= 15 is 0 Å². The number of carbonyl (C=O) groups excluding carboxylic acids is 2. The van der Waals surface area contributed by atoms with Gasteiger partial charge in [-0.1, -0.05) is 46.4 Å². The second-order valence-electron chi connectivity index (χ2n) is 4.40. The predicted molar refractivity (Wildman–Crippen MR) is 82.5 cm³/mol. The fraction of sp³-hybridized carbons (Fsp3) is 0.429. The number of rotatable bonds is 5. The molecule has 1 unspecified atom stereocenters. The molecule has 1 atom stereocenters. The Labute approximate surface area is 127 Å². The van der Waals surface area contributed by atoms with Gasteiger partial charge in [0.15, 0.2) is 0 Å². The number of carbonyl (C=O) groups is 2. The molecule has 0 aliphatic heterocycles. The summed E-state index contributed by atoms with van der Waals surface area (Å²) in [6.45, 7) is 4.27. The summed E-state index contributed by atoms with van der Waals surface area (Å²) >= 11 is 1.95. The van der Waals surface area contributed by atoms with Crippen molar-refractivity contribution in [2.45, 2.75) is 24.2 Å². The third-order valence-electron chi connectivity index (χ3n) is 2.79. The van der Waals surface area contributed by atoms with Crippen LogP contribution in [0.2, 0.25) is 0 Å². The quantitative estimate of drug-likeness (QED) is 0.486. The molecule has 0 aliphatic rings. The van der Waals surface area contributed by atoms with Crippen LogP contribution in [0.1, 0.15) is 16.7 Å². The molecular formula is C14H18INO3. The molecule has 5 heteroatoms. The van der Waals surface area contributed by atoms with E-state index in [0.29, 0.717) is 6.42 Å². The molecule has 0 aliphatic carbocycles. The van der Waals surface area contributed by atoms with Crippen molar-refractivity contribution in [2.24, 2.45) is 0 Å². The average molecular weight is 375 g/mol. The Morgan fingerprint density at radius 2 is 2.05 bits per heavy atom. The smallest absolute Gasteiger partial charge is 0.320 e. The summed E-state index contributed by atoms with van der Waals surface area (Å²) in [5.41, 5.74) is 3.25. The summed E-state index contributed by atoms with van der Waals surface area (Å²) in [7, 11) is 1.34. The Morgan fingerprint density at radius 1 is 1.37 bits per heavy atom. The van der Waals surface area contributed by atoms with Crippen LogP contribution in [0, 0.1) is 13.8 Å². The second-order valence-corrected chi connectivity index (χ2v) is 5.91. The van der Waals surface area contributed by atoms with Crippen LogP contribution < -0.4 is 5.32 Å². The summed E-state index contributed by atoms with van der Waals surface area (Å²) in [6, 6.07) is 6.04. The highest BCUT2D eigenvalue weighted by atomic mass is 127. The van der Waals surface area contributed by atoms with Crippen LogP contribution in [0.25, 0.3) is 0 Å². The first kappa shape index (κ1) is 15.9. The molecule has 0 aromatic heterocycles. The van der Waals surface area contributed by atoms with Gasteiger partial charge in [0.1, 0.15) is 3.92 Å². The fourth-order valence-electron chi connectivity index (χ4n) is 1.64. The van der Waals surface area contributed by atoms with Gasteiger partial charge in [0, 0.05) is 6.54 Å². The number of halogens is 1. The van der Waals surface area contributed by atoms with Crippen LogP contribution in [0.15, 0.2) is 18.2 Å². The zero-order valence-corrected chi connectivity index (χ0v) is 13.5. The number of alkyl halides is 1. The van der Waals surface area contributed by atoms with Crippen LogP contribution in [-0.2, 0) is 20.7 Å². The van der Waals surface area contributed by atoms with E-state index in [1.165, 1.54) is 7.11 Å². The average Bonchev–Trinajstić information content (AvgIpc) is 2.39. The van der Waals surface area contributed by atoms with E-state index in [2.05, 4.69) is 10.1 Å². The maximum absolute atomic E-state index is 11.8. The third-order valence-corrected chi connectivity index (χ3v) is 3.74. The molecule has 4 nitrogen and oxygen atoms in total. The lowest BCUT2D eigenvalue weighted by atomic mass is 10.0. The van der Waals surface area contributed by atoms with Crippen molar-refractivity contribution < 1.29 is 14.3 Å². The Morgan fingerprint density at radius 3 is 2.68 bits per heavy atom. The van der Waals surface area contributed by atoms with Crippen molar-refractivity contribution in [3.8, 4) is 0 Å². The summed E-state index contributed by atoms with van der Waals surface area (Å²) in [6.07, 6.45) is 0.331. The number of amides is 1. The molecule has 0 fully saturated rings. The first-order chi connectivity index (χ1) is 8.93. The van der Waals surface area contributed by atoms with Crippen LogP contribution in [0.3, 0.4) is 0 Å². The maximum atomic E-state index is 11.8. The molecular weight excluding hydrogens is 357 g/mol. The lowest BCUT2D eigenvalue weighted by Gasteiger charge is -2.10. The number of ether oxygens (including phenoxy) is 1. The van der Waals surface area contributed by atoms with Gasteiger partial charge in [0.2, 0.25) is 5.91 Å². The van der Waals surface area contributed by atoms with Crippen LogP contribution >= 0.6 is 22.6 Å². The van der Waals surface area contributed by atoms with Gasteiger partial charge in [-0.15, -0.1) is 0 Å². The molecule has 104 valence electrons. The Balaban J connectivity index is 2.52. The largest absolute Gasteiger partial charge is 0.468 e. The van der Waals surface area contributed by atoms with Crippen LogP contribution in [0.4, 0.5) is 0 Å². The van der Waals surface area contributed by atoms with E-state index in [9.17, 15) is 9.59 Å². The summed E-state index contributed by atoms with van der Waals surface area (Å²) in [4.78, 5) is 23.0. The second kappa shape index (κ2) is 7.47. The minimum atomic E-state index is -0.356. The number of nitrogens with one attached hydrogen (secondary N) is 1. The molecule has 1 amide bonds. The zero-order chi connectivity index (χ0) is 14.4. The van der Waals surface area contributed by atoms with E-state index in [0.717, 1.165) is 16.7 Å². The number of benzene rings is 1. The monoisotopic (exact) mass is 375 g/mol. The van der Waals surface area contributed by atoms with Crippen molar-refractivity contribution in [3.05, 3.63) is 34.9 Å². The van der Waals surface area contributed by atoms with Crippen LogP contribution in [0.5, 0.6) is 0 Å². The minimum absolute atomic E-state index is 0.0840. The van der Waals surface area contributed by atoms with Crippen molar-refractivity contribution in [1.82, 2.24) is 5.32 Å². The van der Waals surface area contributed by atoms with Gasteiger partial charge in [0.25, 0.3) is 0 Å². The lowest BCUT2D eigenvalue weighted by molar-refractivity contribution is -0.139. The summed E-state index contributed by atoms with van der Waals surface area (Å²) < 4.78 is 4.24. The van der Waals surface area contributed by atoms with Crippen molar-refractivity contribution in [3.63, 3.8) is 0 Å². The molecule has 0 saturated carbocycles. The number of hydrogen-bond donors (Lipinski definition) is 1. The van der Waals surface area contributed by atoms with Gasteiger partial charge in [0.05, 0.1) is 13.5 Å². The predicted octanol–water partition coefficient (Wildman–Crippen LogP) is 1.94. The summed E-state index contributed by atoms with van der Waals surface area (Å²) in [5.74, 6) is -0.410. The number of hydrogen-bond acceptors (Lipinski definition) is 3. The lowest BCUT2D eigenvalue weighted by Crippen LogP contribution is -2.34. The highest BCUT2D eigenvalue weighted by Crippen LogP contribution is 2.11. The molecule has 0 radical (unpaired) electrons. The molecule has 19 heavy (non-hydrogen) atoms. The van der Waals surface area contributed by atoms with E-state index in [-0.39, 0.29) is 22.3 Å². The molecule has 1 N–H and O–H groups in total. The highest BCUT2D eigenvalue weighted by Gasteiger charge is 2.16. The third kappa shape index (κ3) is 5.18. The topological polar surface area (TPSA) is 55.4 Å². The fourth-order valence-corrected chi connectivity index (χ4v) is 2.12. The van der Waals surface area contributed by atoms with E-state index in [4.69, 9.17) is 0 Å². The van der Waals surface area contributed by atoms with E-state index in [1.54, 1.807) is 0 Å². The number of methoxy groups -OCH3 is 1. The van der Waals surface area contributed by atoms with E-state index < -0.39 is 0 Å². The van der Waals surface area contributed by atoms with Crippen molar-refractivity contribution >= 4 is 34.5 Å². The normalized spacial score (nSPS) is 11.8. The molecule has 0 bridgehead atoms. The first-order valence-electron chi connectivity index (χ1n) is 5.98. The number of esters is 1.